The Morgan fingerprint density at radius 2 is 1.95 bits per heavy atom. The third-order valence-electron chi connectivity index (χ3n) is 4.37. The van der Waals surface area contributed by atoms with Crippen molar-refractivity contribution < 1.29 is 4.74 Å². The van der Waals surface area contributed by atoms with Gasteiger partial charge in [-0.15, -0.1) is 0 Å². The first-order valence-electron chi connectivity index (χ1n) is 7.81. The van der Waals surface area contributed by atoms with E-state index in [4.69, 9.17) is 4.74 Å². The minimum atomic E-state index is 0.321. The molecule has 1 aromatic rings. The first kappa shape index (κ1) is 13.1. The Kier molecular flexibility index (Phi) is 4.19. The minimum absolute atomic E-state index is 0.321. The number of ether oxygens (including phenoxy) is 1. The molecule has 1 aromatic carbocycles. The van der Waals surface area contributed by atoms with E-state index in [0.29, 0.717) is 12.0 Å². The summed E-state index contributed by atoms with van der Waals surface area (Å²) in [6.07, 6.45) is 5.45. The highest BCUT2D eigenvalue weighted by atomic mass is 16.5. The molecule has 2 fully saturated rings. The van der Waals surface area contributed by atoms with E-state index >= 15 is 0 Å². The van der Waals surface area contributed by atoms with Gasteiger partial charge in [-0.1, -0.05) is 31.2 Å². The topological polar surface area (TPSA) is 21.3 Å². The lowest BCUT2D eigenvalue weighted by Crippen LogP contribution is -2.25. The molecular formula is C17H25NO. The Hall–Kier alpha value is -0.860. The SMILES string of the molecule is CCCNCC1CCOC1c1ccccc1C1CC1. The van der Waals surface area contributed by atoms with Crippen LogP contribution in [-0.4, -0.2) is 19.7 Å². The van der Waals surface area contributed by atoms with Crippen LogP contribution in [0.1, 0.15) is 55.8 Å². The normalized spacial score (nSPS) is 26.8. The lowest BCUT2D eigenvalue weighted by atomic mass is 9.90. The molecule has 0 radical (unpaired) electrons. The molecule has 1 N–H and O–H groups in total. The largest absolute Gasteiger partial charge is 0.373 e. The summed E-state index contributed by atoms with van der Waals surface area (Å²) >= 11 is 0. The van der Waals surface area contributed by atoms with Crippen LogP contribution in [0, 0.1) is 5.92 Å². The van der Waals surface area contributed by atoms with Gasteiger partial charge in [-0.3, -0.25) is 0 Å². The highest BCUT2D eigenvalue weighted by molar-refractivity contribution is 5.35. The molecule has 1 saturated carbocycles. The fourth-order valence-electron chi connectivity index (χ4n) is 3.19. The zero-order valence-electron chi connectivity index (χ0n) is 11.9. The van der Waals surface area contributed by atoms with Crippen LogP contribution in [0.5, 0.6) is 0 Å². The van der Waals surface area contributed by atoms with Crippen molar-refractivity contribution in [2.75, 3.05) is 19.7 Å². The summed E-state index contributed by atoms with van der Waals surface area (Å²) in [6.45, 7) is 5.35. The van der Waals surface area contributed by atoms with Crippen LogP contribution in [-0.2, 0) is 4.74 Å². The molecule has 2 heteroatoms. The predicted octanol–water partition coefficient (Wildman–Crippen LogP) is 3.64. The quantitative estimate of drug-likeness (QED) is 0.788. The lowest BCUT2D eigenvalue weighted by molar-refractivity contribution is 0.0898. The van der Waals surface area contributed by atoms with Gasteiger partial charge in [0.15, 0.2) is 0 Å². The zero-order chi connectivity index (χ0) is 13.1. The zero-order valence-corrected chi connectivity index (χ0v) is 11.9. The Balaban J connectivity index is 1.72. The number of hydrogen-bond donors (Lipinski definition) is 1. The van der Waals surface area contributed by atoms with Crippen molar-refractivity contribution in [1.82, 2.24) is 5.32 Å². The molecule has 0 bridgehead atoms. The second-order valence-corrected chi connectivity index (χ2v) is 5.95. The van der Waals surface area contributed by atoms with Gasteiger partial charge in [-0.05, 0) is 49.3 Å². The van der Waals surface area contributed by atoms with Crippen LogP contribution in [0.15, 0.2) is 24.3 Å². The van der Waals surface area contributed by atoms with Gasteiger partial charge in [0.2, 0.25) is 0 Å². The third kappa shape index (κ3) is 3.01. The van der Waals surface area contributed by atoms with Crippen LogP contribution in [0.3, 0.4) is 0 Å². The van der Waals surface area contributed by atoms with Crippen molar-refractivity contribution in [3.8, 4) is 0 Å². The third-order valence-corrected chi connectivity index (χ3v) is 4.37. The highest BCUT2D eigenvalue weighted by Crippen LogP contribution is 2.46. The standard InChI is InChI=1S/C17H25NO/c1-2-10-18-12-14-9-11-19-17(14)16-6-4-3-5-15(16)13-7-8-13/h3-6,13-14,17-18H,2,7-12H2,1H3. The van der Waals surface area contributed by atoms with Gasteiger partial charge in [0.05, 0.1) is 6.10 Å². The fraction of sp³-hybridized carbons (Fsp3) is 0.647. The van der Waals surface area contributed by atoms with Crippen molar-refractivity contribution in [3.63, 3.8) is 0 Å². The van der Waals surface area contributed by atoms with Gasteiger partial charge >= 0.3 is 0 Å². The van der Waals surface area contributed by atoms with Crippen molar-refractivity contribution in [1.29, 1.82) is 0 Å². The Labute approximate surface area is 116 Å². The first-order valence-corrected chi connectivity index (χ1v) is 7.81. The molecule has 1 aliphatic heterocycles. The molecule has 0 aromatic heterocycles. The first-order chi connectivity index (χ1) is 9.40. The van der Waals surface area contributed by atoms with Crippen LogP contribution < -0.4 is 5.32 Å². The van der Waals surface area contributed by atoms with Crippen LogP contribution >= 0.6 is 0 Å². The molecule has 0 spiro atoms. The average Bonchev–Trinajstić information content (AvgIpc) is 3.19. The van der Waals surface area contributed by atoms with E-state index in [1.54, 1.807) is 5.56 Å². The lowest BCUT2D eigenvalue weighted by Gasteiger charge is -2.22. The smallest absolute Gasteiger partial charge is 0.0868 e. The van der Waals surface area contributed by atoms with Gasteiger partial charge in [-0.25, -0.2) is 0 Å². The van der Waals surface area contributed by atoms with E-state index in [1.165, 1.54) is 31.2 Å². The Morgan fingerprint density at radius 3 is 2.68 bits per heavy atom. The number of nitrogens with one attached hydrogen (secondary N) is 1. The van der Waals surface area contributed by atoms with E-state index < -0.39 is 0 Å². The van der Waals surface area contributed by atoms with Crippen LogP contribution in [0.4, 0.5) is 0 Å². The summed E-state index contributed by atoms with van der Waals surface area (Å²) < 4.78 is 6.06. The van der Waals surface area contributed by atoms with E-state index in [-0.39, 0.29) is 0 Å². The summed E-state index contributed by atoms with van der Waals surface area (Å²) in [7, 11) is 0. The van der Waals surface area contributed by atoms with Crippen molar-refractivity contribution in [2.24, 2.45) is 5.92 Å². The van der Waals surface area contributed by atoms with Crippen molar-refractivity contribution in [3.05, 3.63) is 35.4 Å². The van der Waals surface area contributed by atoms with Gasteiger partial charge < -0.3 is 10.1 Å². The molecule has 19 heavy (non-hydrogen) atoms. The van der Waals surface area contributed by atoms with Crippen LogP contribution in [0.25, 0.3) is 0 Å². The summed E-state index contributed by atoms with van der Waals surface area (Å²) in [5, 5.41) is 3.56. The maximum absolute atomic E-state index is 6.06. The number of hydrogen-bond acceptors (Lipinski definition) is 2. The number of benzene rings is 1. The Morgan fingerprint density at radius 1 is 1.16 bits per heavy atom. The second-order valence-electron chi connectivity index (χ2n) is 5.95. The molecule has 1 aliphatic carbocycles. The van der Waals surface area contributed by atoms with E-state index in [1.807, 2.05) is 0 Å². The summed E-state index contributed by atoms with van der Waals surface area (Å²) in [5.74, 6) is 1.45. The van der Waals surface area contributed by atoms with E-state index in [9.17, 15) is 0 Å². The van der Waals surface area contributed by atoms with Crippen molar-refractivity contribution in [2.45, 2.75) is 44.6 Å². The van der Waals surface area contributed by atoms with Crippen molar-refractivity contribution >= 4 is 0 Å². The molecule has 3 rings (SSSR count). The number of rotatable bonds is 6. The molecule has 2 nitrogen and oxygen atoms in total. The monoisotopic (exact) mass is 259 g/mol. The Bertz CT molecular complexity index is 413. The predicted molar refractivity (Wildman–Crippen MR) is 78.4 cm³/mol. The van der Waals surface area contributed by atoms with Gasteiger partial charge in [-0.2, -0.15) is 0 Å². The molecule has 2 atom stereocenters. The average molecular weight is 259 g/mol. The second kappa shape index (κ2) is 6.06. The molecule has 1 heterocycles. The molecule has 0 amide bonds. The van der Waals surface area contributed by atoms with Gasteiger partial charge in [0.25, 0.3) is 0 Å². The molecule has 1 saturated heterocycles. The van der Waals surface area contributed by atoms with Gasteiger partial charge in [0.1, 0.15) is 0 Å². The maximum atomic E-state index is 6.06. The summed E-state index contributed by atoms with van der Waals surface area (Å²) in [6, 6.07) is 8.94. The minimum Gasteiger partial charge on any atom is -0.373 e. The summed E-state index contributed by atoms with van der Waals surface area (Å²) in [4.78, 5) is 0. The maximum Gasteiger partial charge on any atom is 0.0868 e. The molecular weight excluding hydrogens is 234 g/mol. The fourth-order valence-corrected chi connectivity index (χ4v) is 3.19. The molecule has 104 valence electrons. The van der Waals surface area contributed by atoms with Gasteiger partial charge in [0, 0.05) is 19.1 Å². The molecule has 2 unspecified atom stereocenters. The van der Waals surface area contributed by atoms with Crippen LogP contribution in [0.2, 0.25) is 0 Å². The highest BCUT2D eigenvalue weighted by Gasteiger charge is 2.34. The van der Waals surface area contributed by atoms with E-state index in [2.05, 4.69) is 36.5 Å². The molecule has 2 aliphatic rings. The summed E-state index contributed by atoms with van der Waals surface area (Å²) in [5.41, 5.74) is 3.01. The van der Waals surface area contributed by atoms with E-state index in [0.717, 1.165) is 25.6 Å².